The monoisotopic (exact) mass is 181 g/mol. The average molecular weight is 181 g/mol. The summed E-state index contributed by atoms with van der Waals surface area (Å²) in [6.07, 6.45) is 3.77. The van der Waals surface area contributed by atoms with E-state index < -0.39 is 0 Å². The second-order valence-electron chi connectivity index (χ2n) is 3.87. The first-order chi connectivity index (χ1) is 6.13. The van der Waals surface area contributed by atoms with Gasteiger partial charge in [-0.15, -0.1) is 0 Å². The van der Waals surface area contributed by atoms with Gasteiger partial charge in [0.15, 0.2) is 0 Å². The van der Waals surface area contributed by atoms with Gasteiger partial charge in [0.05, 0.1) is 18.6 Å². The Kier molecular flexibility index (Phi) is 3.34. The van der Waals surface area contributed by atoms with Crippen LogP contribution in [0.2, 0.25) is 0 Å². The summed E-state index contributed by atoms with van der Waals surface area (Å²) in [5.41, 5.74) is 1.27. The van der Waals surface area contributed by atoms with Gasteiger partial charge in [0.2, 0.25) is 0 Å². The van der Waals surface area contributed by atoms with Crippen LogP contribution in [0.15, 0.2) is 16.9 Å². The molecule has 0 unspecified atom stereocenters. The molecule has 0 atom stereocenters. The highest BCUT2D eigenvalue weighted by molar-refractivity contribution is 5.57. The summed E-state index contributed by atoms with van der Waals surface area (Å²) in [6, 6.07) is 1.06. The highest BCUT2D eigenvalue weighted by Gasteiger charge is 2.16. The van der Waals surface area contributed by atoms with Crippen LogP contribution in [0.5, 0.6) is 0 Å². The number of hydrogen-bond acceptors (Lipinski definition) is 3. The Morgan fingerprint density at radius 2 is 1.92 bits per heavy atom. The maximum absolute atomic E-state index is 4.20. The van der Waals surface area contributed by atoms with Crippen molar-refractivity contribution >= 4 is 6.34 Å². The summed E-state index contributed by atoms with van der Waals surface area (Å²) in [7, 11) is 0. The van der Waals surface area contributed by atoms with Crippen molar-refractivity contribution in [1.29, 1.82) is 0 Å². The fourth-order valence-electron chi connectivity index (χ4n) is 1.79. The van der Waals surface area contributed by atoms with Crippen LogP contribution in [0, 0.1) is 0 Å². The first-order valence-corrected chi connectivity index (χ1v) is 4.84. The summed E-state index contributed by atoms with van der Waals surface area (Å²) in [4.78, 5) is 6.58. The fourth-order valence-corrected chi connectivity index (χ4v) is 1.79. The van der Waals surface area contributed by atoms with Gasteiger partial charge in [-0.05, 0) is 27.7 Å². The normalized spacial score (nSPS) is 16.0. The van der Waals surface area contributed by atoms with Gasteiger partial charge in [0.1, 0.15) is 0 Å². The molecule has 0 aromatic carbocycles. The van der Waals surface area contributed by atoms with Crippen molar-refractivity contribution in [1.82, 2.24) is 10.2 Å². The van der Waals surface area contributed by atoms with Crippen LogP contribution in [0.3, 0.4) is 0 Å². The average Bonchev–Trinajstić information content (AvgIpc) is 2.04. The van der Waals surface area contributed by atoms with Gasteiger partial charge >= 0.3 is 0 Å². The highest BCUT2D eigenvalue weighted by Crippen LogP contribution is 2.14. The van der Waals surface area contributed by atoms with Crippen molar-refractivity contribution in [3.8, 4) is 0 Å². The van der Waals surface area contributed by atoms with Crippen molar-refractivity contribution in [3.05, 3.63) is 11.9 Å². The third-order valence-electron chi connectivity index (χ3n) is 2.11. The number of nitrogens with zero attached hydrogens (tertiary/aromatic N) is 2. The lowest BCUT2D eigenvalue weighted by Crippen LogP contribution is -2.38. The van der Waals surface area contributed by atoms with Crippen molar-refractivity contribution in [2.24, 2.45) is 4.99 Å². The Labute approximate surface area is 80.5 Å². The largest absolute Gasteiger partial charge is 0.367 e. The van der Waals surface area contributed by atoms with Gasteiger partial charge in [-0.25, -0.2) is 0 Å². The highest BCUT2D eigenvalue weighted by atomic mass is 15.2. The summed E-state index contributed by atoms with van der Waals surface area (Å²) in [5, 5.41) is 3.03. The van der Waals surface area contributed by atoms with Gasteiger partial charge in [0.25, 0.3) is 0 Å². The van der Waals surface area contributed by atoms with E-state index in [-0.39, 0.29) is 0 Å². The number of nitrogens with one attached hydrogen (secondary N) is 1. The number of aliphatic imine (C=N–C) groups is 1. The molecule has 0 aliphatic carbocycles. The van der Waals surface area contributed by atoms with Crippen molar-refractivity contribution in [2.45, 2.75) is 39.8 Å². The van der Waals surface area contributed by atoms with E-state index in [1.165, 1.54) is 5.70 Å². The first-order valence-electron chi connectivity index (χ1n) is 4.84. The molecule has 1 heterocycles. The minimum Gasteiger partial charge on any atom is -0.367 e. The van der Waals surface area contributed by atoms with Gasteiger partial charge in [-0.1, -0.05) is 0 Å². The molecule has 74 valence electrons. The summed E-state index contributed by atoms with van der Waals surface area (Å²) >= 11 is 0. The number of rotatable bonds is 3. The van der Waals surface area contributed by atoms with Crippen molar-refractivity contribution in [3.63, 3.8) is 0 Å². The van der Waals surface area contributed by atoms with Crippen LogP contribution in [-0.2, 0) is 0 Å². The van der Waals surface area contributed by atoms with Crippen LogP contribution in [0.25, 0.3) is 0 Å². The molecule has 0 saturated carbocycles. The molecule has 3 nitrogen and oxygen atoms in total. The molecule has 0 fully saturated rings. The van der Waals surface area contributed by atoms with Gasteiger partial charge < -0.3 is 10.2 Å². The Morgan fingerprint density at radius 3 is 2.31 bits per heavy atom. The second kappa shape index (κ2) is 4.30. The molecule has 0 bridgehead atoms. The Bertz CT molecular complexity index is 208. The van der Waals surface area contributed by atoms with E-state index >= 15 is 0 Å². The topological polar surface area (TPSA) is 27.6 Å². The van der Waals surface area contributed by atoms with Gasteiger partial charge in [-0.2, -0.15) is 0 Å². The minimum absolute atomic E-state index is 0.529. The molecule has 0 spiro atoms. The van der Waals surface area contributed by atoms with Crippen LogP contribution in [0.1, 0.15) is 27.7 Å². The second-order valence-corrected chi connectivity index (χ2v) is 3.87. The zero-order valence-electron chi connectivity index (χ0n) is 8.91. The SMILES string of the molecule is CC(C)N(C1=CNC=NC1)C(C)C. The van der Waals surface area contributed by atoms with E-state index in [4.69, 9.17) is 0 Å². The van der Waals surface area contributed by atoms with E-state index in [2.05, 4.69) is 42.9 Å². The maximum Gasteiger partial charge on any atom is 0.0868 e. The lowest BCUT2D eigenvalue weighted by Gasteiger charge is -2.35. The smallest absolute Gasteiger partial charge is 0.0868 e. The Morgan fingerprint density at radius 1 is 1.31 bits per heavy atom. The molecule has 0 radical (unpaired) electrons. The molecule has 0 aromatic rings. The van der Waals surface area contributed by atoms with Crippen LogP contribution in [-0.4, -0.2) is 29.9 Å². The van der Waals surface area contributed by atoms with E-state index in [0.717, 1.165) is 6.54 Å². The van der Waals surface area contributed by atoms with Crippen LogP contribution >= 0.6 is 0 Å². The van der Waals surface area contributed by atoms with Crippen molar-refractivity contribution < 1.29 is 0 Å². The number of hydrogen-bond donors (Lipinski definition) is 1. The third kappa shape index (κ3) is 2.47. The van der Waals surface area contributed by atoms with Crippen LogP contribution < -0.4 is 5.32 Å². The van der Waals surface area contributed by atoms with Gasteiger partial charge in [0, 0.05) is 18.3 Å². The maximum atomic E-state index is 4.20. The predicted molar refractivity (Wildman–Crippen MR) is 56.7 cm³/mol. The molecule has 13 heavy (non-hydrogen) atoms. The fraction of sp³-hybridized carbons (Fsp3) is 0.700. The predicted octanol–water partition coefficient (Wildman–Crippen LogP) is 1.58. The molecule has 0 aromatic heterocycles. The third-order valence-corrected chi connectivity index (χ3v) is 2.11. The standard InChI is InChI=1S/C10H19N3/c1-8(2)13(9(3)4)10-5-11-7-12-6-10/h5,7-9H,6H2,1-4H3,(H,11,12). The Hall–Kier alpha value is -0.990. The summed E-state index contributed by atoms with van der Waals surface area (Å²) < 4.78 is 0. The van der Waals surface area contributed by atoms with E-state index in [1.54, 1.807) is 6.34 Å². The quantitative estimate of drug-likeness (QED) is 0.716. The molecule has 0 saturated heterocycles. The summed E-state index contributed by atoms with van der Waals surface area (Å²) in [5.74, 6) is 0. The first kappa shape index (κ1) is 10.1. The molecule has 0 amide bonds. The Balaban J connectivity index is 2.69. The van der Waals surface area contributed by atoms with Crippen LogP contribution in [0.4, 0.5) is 0 Å². The molecule has 1 aliphatic heterocycles. The molecular weight excluding hydrogens is 162 g/mol. The van der Waals surface area contributed by atoms with Crippen molar-refractivity contribution in [2.75, 3.05) is 6.54 Å². The zero-order chi connectivity index (χ0) is 9.84. The molecule has 1 N–H and O–H groups in total. The lowest BCUT2D eigenvalue weighted by molar-refractivity contribution is 0.227. The molecular formula is C10H19N3. The lowest BCUT2D eigenvalue weighted by atomic mass is 10.2. The van der Waals surface area contributed by atoms with Gasteiger partial charge in [-0.3, -0.25) is 4.99 Å². The van der Waals surface area contributed by atoms with E-state index in [0.29, 0.717) is 12.1 Å². The molecule has 1 rings (SSSR count). The summed E-state index contributed by atoms with van der Waals surface area (Å²) in [6.45, 7) is 9.62. The van der Waals surface area contributed by atoms with E-state index in [1.807, 2.05) is 6.20 Å². The molecule has 3 heteroatoms. The van der Waals surface area contributed by atoms with E-state index in [9.17, 15) is 0 Å². The zero-order valence-corrected chi connectivity index (χ0v) is 8.91. The molecule has 1 aliphatic rings. The minimum atomic E-state index is 0.529.